The molecule has 2 aromatic rings. The van der Waals surface area contributed by atoms with Crippen LogP contribution in [0, 0.1) is 31.6 Å². The summed E-state index contributed by atoms with van der Waals surface area (Å²) in [5.41, 5.74) is 3.86. The summed E-state index contributed by atoms with van der Waals surface area (Å²) in [6.45, 7) is 4.14. The highest BCUT2D eigenvalue weighted by atomic mass is 32.2. The molecule has 3 N–H and O–H groups in total. The zero-order chi connectivity index (χ0) is 22.5. The molecular formula is C25H31N3O2S2. The summed E-state index contributed by atoms with van der Waals surface area (Å²) in [6, 6.07) is 12.9. The Morgan fingerprint density at radius 1 is 0.844 bits per heavy atom. The highest BCUT2D eigenvalue weighted by Crippen LogP contribution is 2.55. The van der Waals surface area contributed by atoms with Crippen LogP contribution in [0.15, 0.2) is 47.4 Å². The van der Waals surface area contributed by atoms with Crippen molar-refractivity contribution >= 4 is 38.7 Å². The van der Waals surface area contributed by atoms with Gasteiger partial charge < -0.3 is 10.6 Å². The number of hydrogen-bond acceptors (Lipinski definition) is 3. The highest BCUT2D eigenvalue weighted by molar-refractivity contribution is 7.89. The molecule has 5 nitrogen and oxygen atoms in total. The van der Waals surface area contributed by atoms with Crippen molar-refractivity contribution in [3.05, 3.63) is 53.6 Å². The lowest BCUT2D eigenvalue weighted by Crippen LogP contribution is -2.59. The predicted octanol–water partition coefficient (Wildman–Crippen LogP) is 5.36. The largest absolute Gasteiger partial charge is 0.332 e. The molecule has 0 amide bonds. The Labute approximate surface area is 196 Å². The molecule has 170 valence electrons. The van der Waals surface area contributed by atoms with Gasteiger partial charge in [-0.05, 0) is 130 Å². The molecular weight excluding hydrogens is 438 g/mol. The molecule has 4 fully saturated rings. The zero-order valence-corrected chi connectivity index (χ0v) is 20.3. The van der Waals surface area contributed by atoms with Gasteiger partial charge in [0.2, 0.25) is 10.0 Å². The summed E-state index contributed by atoms with van der Waals surface area (Å²) >= 11 is 5.42. The van der Waals surface area contributed by atoms with Gasteiger partial charge >= 0.3 is 0 Å². The van der Waals surface area contributed by atoms with Gasteiger partial charge in [0.25, 0.3) is 0 Å². The fourth-order valence-corrected chi connectivity index (χ4v) is 8.08. The van der Waals surface area contributed by atoms with Gasteiger partial charge in [0.15, 0.2) is 5.11 Å². The fourth-order valence-electron chi connectivity index (χ4n) is 6.41. The van der Waals surface area contributed by atoms with Crippen LogP contribution in [0.2, 0.25) is 0 Å². The van der Waals surface area contributed by atoms with Crippen LogP contribution in [0.1, 0.15) is 49.7 Å². The van der Waals surface area contributed by atoms with Crippen LogP contribution in [-0.4, -0.2) is 19.1 Å². The zero-order valence-electron chi connectivity index (χ0n) is 18.6. The summed E-state index contributed by atoms with van der Waals surface area (Å²) in [5.74, 6) is 2.09. The van der Waals surface area contributed by atoms with E-state index in [0.717, 1.165) is 30.6 Å². The molecule has 32 heavy (non-hydrogen) atoms. The number of rotatable bonds is 5. The number of thiocarbonyl (C=S) groups is 1. The molecule has 2 aromatic carbocycles. The number of sulfonamides is 1. The van der Waals surface area contributed by atoms with Gasteiger partial charge in [0.1, 0.15) is 0 Å². The number of anilines is 2. The summed E-state index contributed by atoms with van der Waals surface area (Å²) in [4.78, 5) is 0.312. The van der Waals surface area contributed by atoms with Gasteiger partial charge in [0, 0.05) is 16.9 Å². The number of benzene rings is 2. The molecule has 4 aliphatic rings. The molecule has 0 aromatic heterocycles. The number of aryl methyl sites for hydroxylation is 2. The van der Waals surface area contributed by atoms with E-state index < -0.39 is 10.0 Å². The molecule has 6 rings (SSSR count). The molecule has 4 saturated carbocycles. The third-order valence-corrected chi connectivity index (χ3v) is 9.38. The Morgan fingerprint density at radius 2 is 1.38 bits per heavy atom. The fraction of sp³-hybridized carbons (Fsp3) is 0.480. The van der Waals surface area contributed by atoms with E-state index in [1.807, 2.05) is 6.07 Å². The maximum absolute atomic E-state index is 13.2. The molecule has 0 heterocycles. The van der Waals surface area contributed by atoms with Crippen molar-refractivity contribution < 1.29 is 8.42 Å². The Balaban J connectivity index is 1.24. The number of nitrogens with one attached hydrogen (secondary N) is 3. The molecule has 0 unspecified atom stereocenters. The minimum atomic E-state index is -3.55. The van der Waals surface area contributed by atoms with Crippen LogP contribution in [0.3, 0.4) is 0 Å². The lowest BCUT2D eigenvalue weighted by atomic mass is 9.53. The van der Waals surface area contributed by atoms with E-state index in [9.17, 15) is 8.42 Å². The standard InChI is InChI=1S/C25H31N3O2S2/c1-16-3-4-22(9-17(16)2)27-24(31)26-21-5-7-23(8-6-21)32(29,30)28-25-13-18-10-19(14-25)12-20(11-18)15-25/h3-9,18-20,28H,10-15H2,1-2H3,(H2,26,27,31). The average molecular weight is 470 g/mol. The molecule has 0 saturated heterocycles. The second-order valence-electron chi connectivity index (χ2n) is 10.2. The quantitative estimate of drug-likeness (QED) is 0.514. The second kappa shape index (κ2) is 8.12. The maximum atomic E-state index is 13.2. The van der Waals surface area contributed by atoms with E-state index >= 15 is 0 Å². The lowest BCUT2D eigenvalue weighted by Gasteiger charge is -2.56. The van der Waals surface area contributed by atoms with Crippen molar-refractivity contribution in [2.24, 2.45) is 17.8 Å². The van der Waals surface area contributed by atoms with Crippen molar-refractivity contribution in [3.8, 4) is 0 Å². The third kappa shape index (κ3) is 4.43. The van der Waals surface area contributed by atoms with E-state index in [2.05, 4.69) is 41.3 Å². The van der Waals surface area contributed by atoms with Crippen LogP contribution in [-0.2, 0) is 10.0 Å². The maximum Gasteiger partial charge on any atom is 0.241 e. The minimum Gasteiger partial charge on any atom is -0.332 e. The SMILES string of the molecule is Cc1ccc(NC(=S)Nc2ccc(S(=O)(=O)NC34CC5CC(CC(C5)C3)C4)cc2)cc1C. The molecule has 0 aliphatic heterocycles. The van der Waals surface area contributed by atoms with Gasteiger partial charge in [-0.15, -0.1) is 0 Å². The van der Waals surface area contributed by atoms with Crippen LogP contribution in [0.5, 0.6) is 0 Å². The van der Waals surface area contributed by atoms with E-state index in [0.29, 0.717) is 27.8 Å². The van der Waals surface area contributed by atoms with Crippen molar-refractivity contribution in [1.29, 1.82) is 0 Å². The van der Waals surface area contributed by atoms with Gasteiger partial charge in [-0.3, -0.25) is 0 Å². The summed E-state index contributed by atoms with van der Waals surface area (Å²) in [7, 11) is -3.55. The molecule has 0 spiro atoms. The first-order valence-electron chi connectivity index (χ1n) is 11.5. The van der Waals surface area contributed by atoms with E-state index in [1.165, 1.54) is 30.4 Å². The normalized spacial score (nSPS) is 28.5. The Kier molecular flexibility index (Phi) is 5.55. The molecule has 7 heteroatoms. The molecule has 4 bridgehead atoms. The Morgan fingerprint density at radius 3 is 1.94 bits per heavy atom. The first kappa shape index (κ1) is 21.9. The first-order chi connectivity index (χ1) is 15.2. The predicted molar refractivity (Wildman–Crippen MR) is 133 cm³/mol. The van der Waals surface area contributed by atoms with Gasteiger partial charge in [-0.1, -0.05) is 6.07 Å². The Bertz CT molecular complexity index is 1110. The Hall–Kier alpha value is -1.96. The molecule has 4 aliphatic carbocycles. The van der Waals surface area contributed by atoms with Crippen molar-refractivity contribution in [3.63, 3.8) is 0 Å². The van der Waals surface area contributed by atoms with Crippen LogP contribution in [0.4, 0.5) is 11.4 Å². The first-order valence-corrected chi connectivity index (χ1v) is 13.4. The monoisotopic (exact) mass is 469 g/mol. The summed E-state index contributed by atoms with van der Waals surface area (Å²) < 4.78 is 29.5. The van der Waals surface area contributed by atoms with Gasteiger partial charge in [-0.25, -0.2) is 13.1 Å². The van der Waals surface area contributed by atoms with Crippen molar-refractivity contribution in [2.75, 3.05) is 10.6 Å². The topological polar surface area (TPSA) is 70.2 Å². The van der Waals surface area contributed by atoms with Crippen LogP contribution in [0.25, 0.3) is 0 Å². The summed E-state index contributed by atoms with van der Waals surface area (Å²) in [6.07, 6.45) is 6.86. The van der Waals surface area contributed by atoms with Gasteiger partial charge in [-0.2, -0.15) is 0 Å². The molecule has 0 radical (unpaired) electrons. The van der Waals surface area contributed by atoms with E-state index in [-0.39, 0.29) is 5.54 Å². The summed E-state index contributed by atoms with van der Waals surface area (Å²) in [5, 5.41) is 6.78. The van der Waals surface area contributed by atoms with E-state index in [4.69, 9.17) is 12.2 Å². The smallest absolute Gasteiger partial charge is 0.241 e. The van der Waals surface area contributed by atoms with Gasteiger partial charge in [0.05, 0.1) is 4.90 Å². The number of hydrogen-bond donors (Lipinski definition) is 3. The lowest BCUT2D eigenvalue weighted by molar-refractivity contribution is -0.00810. The van der Waals surface area contributed by atoms with Crippen LogP contribution < -0.4 is 15.4 Å². The minimum absolute atomic E-state index is 0.234. The van der Waals surface area contributed by atoms with Crippen LogP contribution >= 0.6 is 12.2 Å². The van der Waals surface area contributed by atoms with Crippen molar-refractivity contribution in [1.82, 2.24) is 4.72 Å². The van der Waals surface area contributed by atoms with E-state index in [1.54, 1.807) is 24.3 Å². The highest BCUT2D eigenvalue weighted by Gasteiger charge is 2.52. The third-order valence-electron chi connectivity index (χ3n) is 7.58. The molecule has 0 atom stereocenters. The van der Waals surface area contributed by atoms with Crippen molar-refractivity contribution in [2.45, 2.75) is 62.8 Å². The second-order valence-corrected chi connectivity index (χ2v) is 12.3. The average Bonchev–Trinajstić information content (AvgIpc) is 2.69.